The van der Waals surface area contributed by atoms with Crippen molar-refractivity contribution in [1.29, 1.82) is 0 Å². The van der Waals surface area contributed by atoms with Gasteiger partial charge in [0.25, 0.3) is 5.69 Å². The number of benzene rings is 2. The van der Waals surface area contributed by atoms with Gasteiger partial charge >= 0.3 is 5.97 Å². The Morgan fingerprint density at radius 3 is 2.61 bits per heavy atom. The summed E-state index contributed by atoms with van der Waals surface area (Å²) in [6.07, 6.45) is 1.62. The van der Waals surface area contributed by atoms with E-state index in [0.717, 1.165) is 11.1 Å². The van der Waals surface area contributed by atoms with Crippen LogP contribution in [0.25, 0.3) is 6.08 Å². The van der Waals surface area contributed by atoms with Crippen LogP contribution in [-0.2, 0) is 9.53 Å². The first-order valence-corrected chi connectivity index (χ1v) is 6.87. The molecule has 0 saturated heterocycles. The summed E-state index contributed by atoms with van der Waals surface area (Å²) in [5.74, 6) is -0.510. The number of cyclic esters (lactones) is 1. The third-order valence-corrected chi connectivity index (χ3v) is 3.31. The molecular weight excluding hydrogens is 296 g/mol. The number of aliphatic imine (C=N–C) groups is 1. The molecule has 1 aliphatic rings. The van der Waals surface area contributed by atoms with Crippen LogP contribution < -0.4 is 0 Å². The molecule has 0 atom stereocenters. The van der Waals surface area contributed by atoms with Crippen molar-refractivity contribution in [2.75, 3.05) is 0 Å². The van der Waals surface area contributed by atoms with Crippen LogP contribution in [0, 0.1) is 17.0 Å². The van der Waals surface area contributed by atoms with Gasteiger partial charge in [0.1, 0.15) is 0 Å². The highest BCUT2D eigenvalue weighted by atomic mass is 16.6. The van der Waals surface area contributed by atoms with E-state index >= 15 is 0 Å². The van der Waals surface area contributed by atoms with E-state index in [1.165, 1.54) is 18.2 Å². The second-order valence-electron chi connectivity index (χ2n) is 5.05. The van der Waals surface area contributed by atoms with Crippen molar-refractivity contribution in [2.45, 2.75) is 6.92 Å². The van der Waals surface area contributed by atoms with Crippen LogP contribution in [0.3, 0.4) is 0 Å². The monoisotopic (exact) mass is 308 g/mol. The first-order valence-electron chi connectivity index (χ1n) is 6.87. The minimum atomic E-state index is -0.577. The van der Waals surface area contributed by atoms with E-state index in [4.69, 9.17) is 4.74 Å². The Labute approximate surface area is 131 Å². The molecule has 0 N–H and O–H groups in total. The number of hydrogen-bond acceptors (Lipinski definition) is 5. The first-order chi connectivity index (χ1) is 11.0. The zero-order valence-electron chi connectivity index (χ0n) is 12.2. The Balaban J connectivity index is 1.93. The highest BCUT2D eigenvalue weighted by molar-refractivity contribution is 6.13. The summed E-state index contributed by atoms with van der Waals surface area (Å²) in [7, 11) is 0. The molecule has 0 spiro atoms. The molecule has 114 valence electrons. The van der Waals surface area contributed by atoms with Gasteiger partial charge in [-0.3, -0.25) is 10.1 Å². The molecule has 6 nitrogen and oxygen atoms in total. The van der Waals surface area contributed by atoms with E-state index in [9.17, 15) is 14.9 Å². The SMILES string of the molecule is Cc1ccc(C=C2N=C(c3cccc([N+](=O)[O-])c3)OC2=O)cc1. The maximum Gasteiger partial charge on any atom is 0.363 e. The highest BCUT2D eigenvalue weighted by Crippen LogP contribution is 2.21. The van der Waals surface area contributed by atoms with Gasteiger partial charge in [-0.25, -0.2) is 9.79 Å². The van der Waals surface area contributed by atoms with Crippen molar-refractivity contribution in [3.05, 3.63) is 81.0 Å². The lowest BCUT2D eigenvalue weighted by Crippen LogP contribution is -2.05. The topological polar surface area (TPSA) is 81.8 Å². The molecule has 0 fully saturated rings. The summed E-state index contributed by atoms with van der Waals surface area (Å²) in [6.45, 7) is 1.97. The summed E-state index contributed by atoms with van der Waals surface area (Å²) in [6, 6.07) is 13.4. The molecule has 0 saturated carbocycles. The van der Waals surface area contributed by atoms with Gasteiger partial charge in [-0.1, -0.05) is 35.9 Å². The summed E-state index contributed by atoms with van der Waals surface area (Å²) in [5, 5.41) is 10.8. The van der Waals surface area contributed by atoms with Crippen LogP contribution in [0.4, 0.5) is 5.69 Å². The molecule has 0 radical (unpaired) electrons. The summed E-state index contributed by atoms with van der Waals surface area (Å²) in [5.41, 5.74) is 2.40. The average molecular weight is 308 g/mol. The first kappa shape index (κ1) is 14.6. The standard InChI is InChI=1S/C17H12N2O4/c1-11-5-7-12(8-6-11)9-15-17(20)23-16(18-15)13-3-2-4-14(10-13)19(21)22/h2-10H,1H3. The summed E-state index contributed by atoms with van der Waals surface area (Å²) in [4.78, 5) is 26.4. The van der Waals surface area contributed by atoms with E-state index in [1.54, 1.807) is 12.1 Å². The van der Waals surface area contributed by atoms with E-state index < -0.39 is 10.9 Å². The van der Waals surface area contributed by atoms with Crippen LogP contribution in [0.15, 0.2) is 59.2 Å². The van der Waals surface area contributed by atoms with Crippen molar-refractivity contribution in [3.63, 3.8) is 0 Å². The molecule has 0 amide bonds. The fraction of sp³-hybridized carbons (Fsp3) is 0.0588. The van der Waals surface area contributed by atoms with Crippen molar-refractivity contribution < 1.29 is 14.5 Å². The number of hydrogen-bond donors (Lipinski definition) is 0. The van der Waals surface area contributed by atoms with Crippen molar-refractivity contribution in [2.24, 2.45) is 4.99 Å². The lowest BCUT2D eigenvalue weighted by molar-refractivity contribution is -0.384. The Bertz CT molecular complexity index is 851. The number of non-ortho nitro benzene ring substituents is 1. The van der Waals surface area contributed by atoms with E-state index in [1.807, 2.05) is 31.2 Å². The summed E-state index contributed by atoms with van der Waals surface area (Å²) >= 11 is 0. The molecular formula is C17H12N2O4. The number of ether oxygens (including phenoxy) is 1. The van der Waals surface area contributed by atoms with Gasteiger partial charge in [0.15, 0.2) is 5.70 Å². The summed E-state index contributed by atoms with van der Waals surface area (Å²) < 4.78 is 5.11. The third kappa shape index (κ3) is 3.16. The fourth-order valence-electron chi connectivity index (χ4n) is 2.11. The number of rotatable bonds is 3. The van der Waals surface area contributed by atoms with E-state index in [0.29, 0.717) is 5.56 Å². The predicted molar refractivity (Wildman–Crippen MR) is 84.9 cm³/mol. The van der Waals surface area contributed by atoms with Crippen LogP contribution in [0.1, 0.15) is 16.7 Å². The van der Waals surface area contributed by atoms with Gasteiger partial charge in [0.2, 0.25) is 5.90 Å². The number of aryl methyl sites for hydroxylation is 1. The molecule has 3 rings (SSSR count). The highest BCUT2D eigenvalue weighted by Gasteiger charge is 2.25. The Hall–Kier alpha value is -3.28. The third-order valence-electron chi connectivity index (χ3n) is 3.31. The maximum atomic E-state index is 11.9. The number of nitrogens with zero attached hydrogens (tertiary/aromatic N) is 2. The molecule has 0 bridgehead atoms. The number of nitro groups is 1. The van der Waals surface area contributed by atoms with Crippen LogP contribution in [0.2, 0.25) is 0 Å². The van der Waals surface area contributed by atoms with Crippen molar-refractivity contribution in [3.8, 4) is 0 Å². The van der Waals surface area contributed by atoms with Crippen LogP contribution >= 0.6 is 0 Å². The van der Waals surface area contributed by atoms with Crippen LogP contribution in [0.5, 0.6) is 0 Å². The lowest BCUT2D eigenvalue weighted by Gasteiger charge is -1.98. The van der Waals surface area contributed by atoms with Gasteiger partial charge in [0, 0.05) is 17.7 Å². The number of carbonyl (C=O) groups is 1. The molecule has 6 heteroatoms. The normalized spacial score (nSPS) is 15.4. The fourth-order valence-corrected chi connectivity index (χ4v) is 2.11. The Kier molecular flexibility index (Phi) is 3.72. The largest absolute Gasteiger partial charge is 0.402 e. The minimum Gasteiger partial charge on any atom is -0.402 e. The van der Waals surface area contributed by atoms with Crippen molar-refractivity contribution >= 4 is 23.6 Å². The quantitative estimate of drug-likeness (QED) is 0.377. The molecule has 0 unspecified atom stereocenters. The second-order valence-corrected chi connectivity index (χ2v) is 5.05. The Morgan fingerprint density at radius 1 is 1.17 bits per heavy atom. The number of carbonyl (C=O) groups excluding carboxylic acids is 1. The smallest absolute Gasteiger partial charge is 0.363 e. The Morgan fingerprint density at radius 2 is 1.91 bits per heavy atom. The molecule has 23 heavy (non-hydrogen) atoms. The minimum absolute atomic E-state index is 0.0667. The molecule has 1 aliphatic heterocycles. The molecule has 2 aromatic rings. The molecule has 2 aromatic carbocycles. The zero-order valence-corrected chi connectivity index (χ0v) is 12.2. The van der Waals surface area contributed by atoms with E-state index in [-0.39, 0.29) is 17.3 Å². The molecule has 0 aliphatic carbocycles. The maximum absolute atomic E-state index is 11.9. The zero-order chi connectivity index (χ0) is 16.4. The average Bonchev–Trinajstić information content (AvgIpc) is 2.91. The predicted octanol–water partition coefficient (Wildman–Crippen LogP) is 3.25. The molecule has 1 heterocycles. The second kappa shape index (κ2) is 5.84. The van der Waals surface area contributed by atoms with Gasteiger partial charge in [-0.2, -0.15) is 0 Å². The van der Waals surface area contributed by atoms with Gasteiger partial charge < -0.3 is 4.74 Å². The van der Waals surface area contributed by atoms with E-state index in [2.05, 4.69) is 4.99 Å². The van der Waals surface area contributed by atoms with Gasteiger partial charge in [-0.15, -0.1) is 0 Å². The number of nitro benzene ring substituents is 1. The molecule has 0 aromatic heterocycles. The number of esters is 1. The van der Waals surface area contributed by atoms with Crippen molar-refractivity contribution in [1.82, 2.24) is 0 Å². The van der Waals surface area contributed by atoms with Crippen LogP contribution in [-0.4, -0.2) is 16.8 Å². The van der Waals surface area contributed by atoms with Gasteiger partial charge in [0.05, 0.1) is 4.92 Å². The lowest BCUT2D eigenvalue weighted by atomic mass is 10.1. The van der Waals surface area contributed by atoms with Gasteiger partial charge in [-0.05, 0) is 24.6 Å².